The van der Waals surface area contributed by atoms with Gasteiger partial charge in [-0.1, -0.05) is 18.2 Å². The molecule has 2 N–H and O–H groups in total. The Morgan fingerprint density at radius 1 is 0.879 bits per heavy atom. The van der Waals surface area contributed by atoms with E-state index < -0.39 is 0 Å². The SMILES string of the molecule is Cc1nn(-c2ccccc2)cc1CN1CCN(c2nccnc2N2CCC(CN)CC2)CC1. The predicted molar refractivity (Wildman–Crippen MR) is 132 cm³/mol. The van der Waals surface area contributed by atoms with Crippen molar-refractivity contribution in [2.45, 2.75) is 26.3 Å². The Hall–Kier alpha value is -2.97. The fourth-order valence-electron chi connectivity index (χ4n) is 4.87. The summed E-state index contributed by atoms with van der Waals surface area (Å²) in [4.78, 5) is 16.8. The molecular formula is C25H34N8. The molecule has 0 aliphatic carbocycles. The van der Waals surface area contributed by atoms with Crippen LogP contribution >= 0.6 is 0 Å². The molecule has 3 aromatic rings. The summed E-state index contributed by atoms with van der Waals surface area (Å²) >= 11 is 0. The first-order valence-corrected chi connectivity index (χ1v) is 12.0. The maximum Gasteiger partial charge on any atom is 0.172 e. The Bertz CT molecular complexity index is 1030. The van der Waals surface area contributed by atoms with Crippen molar-refractivity contribution in [1.82, 2.24) is 24.6 Å². The zero-order valence-electron chi connectivity index (χ0n) is 19.5. The van der Waals surface area contributed by atoms with E-state index in [1.54, 1.807) is 0 Å². The maximum absolute atomic E-state index is 5.88. The van der Waals surface area contributed by atoms with E-state index >= 15 is 0 Å². The van der Waals surface area contributed by atoms with Crippen molar-refractivity contribution in [2.75, 3.05) is 55.6 Å². The summed E-state index contributed by atoms with van der Waals surface area (Å²) in [7, 11) is 0. The molecule has 0 unspecified atom stereocenters. The highest BCUT2D eigenvalue weighted by molar-refractivity contribution is 5.62. The Morgan fingerprint density at radius 3 is 2.15 bits per heavy atom. The number of para-hydroxylation sites is 1. The largest absolute Gasteiger partial charge is 0.354 e. The van der Waals surface area contributed by atoms with Crippen molar-refractivity contribution >= 4 is 11.6 Å². The quantitative estimate of drug-likeness (QED) is 0.623. The van der Waals surface area contributed by atoms with Crippen LogP contribution in [0.5, 0.6) is 0 Å². The minimum atomic E-state index is 0.639. The average Bonchev–Trinajstić information content (AvgIpc) is 3.25. The van der Waals surface area contributed by atoms with E-state index in [1.807, 2.05) is 35.3 Å². The van der Waals surface area contributed by atoms with E-state index in [4.69, 9.17) is 20.8 Å². The van der Waals surface area contributed by atoms with Crippen molar-refractivity contribution in [1.29, 1.82) is 0 Å². The van der Waals surface area contributed by atoms with Crippen molar-refractivity contribution in [2.24, 2.45) is 11.7 Å². The minimum absolute atomic E-state index is 0.639. The van der Waals surface area contributed by atoms with Gasteiger partial charge in [0.2, 0.25) is 0 Å². The number of aryl methyl sites for hydroxylation is 1. The van der Waals surface area contributed by atoms with Crippen molar-refractivity contribution in [3.63, 3.8) is 0 Å². The van der Waals surface area contributed by atoms with Crippen LogP contribution in [0.1, 0.15) is 24.1 Å². The van der Waals surface area contributed by atoms with Gasteiger partial charge in [0.15, 0.2) is 11.6 Å². The van der Waals surface area contributed by atoms with Crippen molar-refractivity contribution in [3.05, 3.63) is 60.2 Å². The summed E-state index contributed by atoms with van der Waals surface area (Å²) in [6.07, 6.45) is 8.08. The van der Waals surface area contributed by atoms with E-state index in [0.29, 0.717) is 5.92 Å². The number of aromatic nitrogens is 4. The van der Waals surface area contributed by atoms with Gasteiger partial charge in [-0.05, 0) is 44.4 Å². The van der Waals surface area contributed by atoms with Crippen LogP contribution in [0.4, 0.5) is 11.6 Å². The first-order chi connectivity index (χ1) is 16.2. The molecule has 174 valence electrons. The van der Waals surface area contributed by atoms with Crippen LogP contribution in [-0.2, 0) is 6.54 Å². The number of nitrogens with zero attached hydrogens (tertiary/aromatic N) is 7. The molecule has 5 rings (SSSR count). The summed E-state index contributed by atoms with van der Waals surface area (Å²) in [5.74, 6) is 2.69. The van der Waals surface area contributed by atoms with Gasteiger partial charge in [-0.25, -0.2) is 14.6 Å². The molecule has 0 amide bonds. The monoisotopic (exact) mass is 446 g/mol. The molecule has 4 heterocycles. The molecule has 2 aromatic heterocycles. The number of nitrogens with two attached hydrogens (primary N) is 1. The van der Waals surface area contributed by atoms with Gasteiger partial charge in [-0.15, -0.1) is 0 Å². The second-order valence-corrected chi connectivity index (χ2v) is 9.15. The number of piperidine rings is 1. The molecule has 8 heteroatoms. The number of rotatable bonds is 6. The lowest BCUT2D eigenvalue weighted by Crippen LogP contribution is -2.47. The van der Waals surface area contributed by atoms with Crippen LogP contribution in [0.25, 0.3) is 5.69 Å². The summed E-state index contributed by atoms with van der Waals surface area (Å²) in [5, 5.41) is 4.73. The topological polar surface area (TPSA) is 79.3 Å². The van der Waals surface area contributed by atoms with E-state index in [2.05, 4.69) is 40.0 Å². The summed E-state index contributed by atoms with van der Waals surface area (Å²) in [5.41, 5.74) is 9.36. The minimum Gasteiger partial charge on any atom is -0.354 e. The lowest BCUT2D eigenvalue weighted by atomic mass is 9.97. The van der Waals surface area contributed by atoms with Gasteiger partial charge < -0.3 is 15.5 Å². The molecule has 0 atom stereocenters. The normalized spacial score (nSPS) is 18.1. The number of hydrogen-bond donors (Lipinski definition) is 1. The fraction of sp³-hybridized carbons (Fsp3) is 0.480. The molecule has 0 saturated carbocycles. The standard InChI is InChI=1S/C25H34N8/c1-20-22(19-33(29-20)23-5-3-2-4-6-23)18-30-13-15-32(16-14-30)25-24(27-9-10-28-25)31-11-7-21(17-26)8-12-31/h2-6,9-10,19,21H,7-8,11-18,26H2,1H3. The van der Waals surface area contributed by atoms with Gasteiger partial charge in [0.25, 0.3) is 0 Å². The average molecular weight is 447 g/mol. The second-order valence-electron chi connectivity index (χ2n) is 9.15. The molecule has 2 saturated heterocycles. The van der Waals surface area contributed by atoms with E-state index in [1.165, 1.54) is 5.56 Å². The zero-order chi connectivity index (χ0) is 22.6. The first kappa shape index (κ1) is 21.9. The number of benzene rings is 1. The van der Waals surface area contributed by atoms with Gasteiger partial charge >= 0.3 is 0 Å². The Labute approximate surface area is 196 Å². The third-order valence-electron chi connectivity index (χ3n) is 6.99. The van der Waals surface area contributed by atoms with Crippen LogP contribution in [0, 0.1) is 12.8 Å². The number of hydrogen-bond acceptors (Lipinski definition) is 7. The zero-order valence-corrected chi connectivity index (χ0v) is 19.5. The highest BCUT2D eigenvalue weighted by Gasteiger charge is 2.26. The van der Waals surface area contributed by atoms with Gasteiger partial charge in [0, 0.05) is 70.0 Å². The van der Waals surface area contributed by atoms with Crippen LogP contribution in [0.2, 0.25) is 0 Å². The second kappa shape index (κ2) is 9.89. The highest BCUT2D eigenvalue weighted by Crippen LogP contribution is 2.29. The number of piperazine rings is 1. The summed E-state index contributed by atoms with van der Waals surface area (Å²) in [6, 6.07) is 10.3. The first-order valence-electron chi connectivity index (χ1n) is 12.0. The summed E-state index contributed by atoms with van der Waals surface area (Å²) in [6.45, 7) is 9.75. The molecule has 1 aromatic carbocycles. The van der Waals surface area contributed by atoms with Gasteiger partial charge in [0.05, 0.1) is 11.4 Å². The van der Waals surface area contributed by atoms with Gasteiger partial charge in [-0.3, -0.25) is 4.90 Å². The molecule has 8 nitrogen and oxygen atoms in total. The number of anilines is 2. The molecular weight excluding hydrogens is 412 g/mol. The van der Waals surface area contributed by atoms with E-state index in [9.17, 15) is 0 Å². The lowest BCUT2D eigenvalue weighted by Gasteiger charge is -2.38. The third-order valence-corrected chi connectivity index (χ3v) is 6.99. The fourth-order valence-corrected chi connectivity index (χ4v) is 4.87. The molecule has 2 aliphatic heterocycles. The molecule has 2 aliphatic rings. The maximum atomic E-state index is 5.88. The van der Waals surface area contributed by atoms with Gasteiger partial charge in [-0.2, -0.15) is 5.10 Å². The third kappa shape index (κ3) is 4.86. The summed E-state index contributed by atoms with van der Waals surface area (Å²) < 4.78 is 1.99. The van der Waals surface area contributed by atoms with Crippen LogP contribution in [-0.4, -0.2) is 70.5 Å². The molecule has 0 spiro atoms. The van der Waals surface area contributed by atoms with Crippen molar-refractivity contribution < 1.29 is 0 Å². The Balaban J connectivity index is 1.22. The van der Waals surface area contributed by atoms with E-state index in [-0.39, 0.29) is 0 Å². The van der Waals surface area contributed by atoms with Crippen LogP contribution in [0.15, 0.2) is 48.9 Å². The molecule has 2 fully saturated rings. The lowest BCUT2D eigenvalue weighted by molar-refractivity contribution is 0.249. The van der Waals surface area contributed by atoms with E-state index in [0.717, 1.165) is 88.2 Å². The highest BCUT2D eigenvalue weighted by atomic mass is 15.3. The van der Waals surface area contributed by atoms with Crippen LogP contribution in [0.3, 0.4) is 0 Å². The molecule has 0 bridgehead atoms. The molecule has 33 heavy (non-hydrogen) atoms. The van der Waals surface area contributed by atoms with Crippen LogP contribution < -0.4 is 15.5 Å². The molecule has 0 radical (unpaired) electrons. The predicted octanol–water partition coefficient (Wildman–Crippen LogP) is 2.47. The van der Waals surface area contributed by atoms with Gasteiger partial charge in [0.1, 0.15) is 0 Å². The van der Waals surface area contributed by atoms with Crippen molar-refractivity contribution in [3.8, 4) is 5.69 Å². The Kier molecular flexibility index (Phi) is 6.55. The smallest absolute Gasteiger partial charge is 0.172 e. The Morgan fingerprint density at radius 2 is 1.52 bits per heavy atom.